The van der Waals surface area contributed by atoms with E-state index in [9.17, 15) is 0 Å². The summed E-state index contributed by atoms with van der Waals surface area (Å²) in [7, 11) is 2.22. The van der Waals surface area contributed by atoms with Crippen molar-refractivity contribution in [3.8, 4) is 0 Å². The molecule has 1 aromatic rings. The molecular formula is C9H13N3S. The number of nitrogens with zero attached hydrogens (tertiary/aromatic N) is 2. The van der Waals surface area contributed by atoms with Crippen LogP contribution in [0.1, 0.15) is 29.5 Å². The molecule has 0 aliphatic carbocycles. The average Bonchev–Trinajstić information content (AvgIpc) is 2.54. The van der Waals surface area contributed by atoms with Crippen molar-refractivity contribution in [2.45, 2.75) is 31.3 Å². The molecule has 0 aromatic carbocycles. The van der Waals surface area contributed by atoms with Crippen LogP contribution >= 0.6 is 11.3 Å². The van der Waals surface area contributed by atoms with Crippen molar-refractivity contribution in [3.63, 3.8) is 0 Å². The fourth-order valence-electron chi connectivity index (χ4n) is 2.59. The summed E-state index contributed by atoms with van der Waals surface area (Å²) >= 11 is 1.68. The van der Waals surface area contributed by atoms with Crippen LogP contribution in [0.2, 0.25) is 0 Å². The van der Waals surface area contributed by atoms with Gasteiger partial charge in [-0.25, -0.2) is 4.98 Å². The molecule has 3 rings (SSSR count). The van der Waals surface area contributed by atoms with Crippen molar-refractivity contribution < 1.29 is 0 Å². The molecule has 1 aromatic heterocycles. The second-order valence-corrected chi connectivity index (χ2v) is 5.04. The first-order valence-corrected chi connectivity index (χ1v) is 5.54. The molecule has 0 spiro atoms. The van der Waals surface area contributed by atoms with Crippen molar-refractivity contribution in [3.05, 3.63) is 10.6 Å². The van der Waals surface area contributed by atoms with E-state index in [2.05, 4.69) is 16.9 Å². The topological polar surface area (TPSA) is 42.1 Å². The smallest absolute Gasteiger partial charge is 0.180 e. The minimum atomic E-state index is 0.614. The third kappa shape index (κ3) is 0.957. The van der Waals surface area contributed by atoms with Gasteiger partial charge in [0, 0.05) is 23.4 Å². The number of likely N-dealkylation sites (N-methyl/N-ethyl adjacent to an activating group) is 1. The Kier molecular flexibility index (Phi) is 1.46. The first-order valence-electron chi connectivity index (χ1n) is 4.72. The minimum Gasteiger partial charge on any atom is -0.375 e. The molecule has 0 unspecified atom stereocenters. The van der Waals surface area contributed by atoms with Crippen LogP contribution in [-0.2, 0) is 6.42 Å². The molecule has 3 nitrogen and oxygen atoms in total. The third-order valence-corrected chi connectivity index (χ3v) is 4.34. The van der Waals surface area contributed by atoms with Crippen molar-refractivity contribution in [1.29, 1.82) is 0 Å². The zero-order chi connectivity index (χ0) is 9.00. The van der Waals surface area contributed by atoms with E-state index in [0.717, 1.165) is 17.6 Å². The Hall–Kier alpha value is -0.610. The van der Waals surface area contributed by atoms with E-state index < -0.39 is 0 Å². The minimum absolute atomic E-state index is 0.614. The highest BCUT2D eigenvalue weighted by Crippen LogP contribution is 2.45. The molecule has 2 bridgehead atoms. The van der Waals surface area contributed by atoms with Crippen LogP contribution < -0.4 is 5.73 Å². The van der Waals surface area contributed by atoms with Gasteiger partial charge in [-0.2, -0.15) is 0 Å². The van der Waals surface area contributed by atoms with E-state index in [-0.39, 0.29) is 0 Å². The van der Waals surface area contributed by atoms with Crippen LogP contribution in [0.25, 0.3) is 0 Å². The second kappa shape index (κ2) is 2.45. The molecule has 2 N–H and O–H groups in total. The lowest BCUT2D eigenvalue weighted by Gasteiger charge is -2.29. The highest BCUT2D eigenvalue weighted by molar-refractivity contribution is 7.15. The second-order valence-electron chi connectivity index (χ2n) is 3.98. The largest absolute Gasteiger partial charge is 0.375 e. The summed E-state index contributed by atoms with van der Waals surface area (Å²) in [6.45, 7) is 0. The van der Waals surface area contributed by atoms with E-state index >= 15 is 0 Å². The van der Waals surface area contributed by atoms with Crippen LogP contribution in [0.4, 0.5) is 5.13 Å². The number of nitrogen functional groups attached to an aromatic ring is 1. The van der Waals surface area contributed by atoms with Crippen molar-refractivity contribution in [2.75, 3.05) is 12.8 Å². The van der Waals surface area contributed by atoms with Gasteiger partial charge in [-0.3, -0.25) is 4.90 Å². The van der Waals surface area contributed by atoms with Gasteiger partial charge in [-0.05, 0) is 19.9 Å². The molecule has 2 atom stereocenters. The Morgan fingerprint density at radius 1 is 1.54 bits per heavy atom. The normalized spacial score (nSPS) is 32.1. The summed E-state index contributed by atoms with van der Waals surface area (Å²) in [4.78, 5) is 8.31. The zero-order valence-electron chi connectivity index (χ0n) is 7.66. The van der Waals surface area contributed by atoms with Gasteiger partial charge in [0.05, 0.1) is 5.69 Å². The average molecular weight is 195 g/mol. The lowest BCUT2D eigenvalue weighted by atomic mass is 10.1. The van der Waals surface area contributed by atoms with Gasteiger partial charge in [-0.1, -0.05) is 0 Å². The molecule has 3 heterocycles. The number of nitrogens with two attached hydrogens (primary N) is 1. The molecule has 1 fully saturated rings. The summed E-state index contributed by atoms with van der Waals surface area (Å²) in [5, 5.41) is 0.742. The van der Waals surface area contributed by atoms with Gasteiger partial charge in [0.15, 0.2) is 5.13 Å². The summed E-state index contributed by atoms with van der Waals surface area (Å²) in [6.07, 6.45) is 3.72. The van der Waals surface area contributed by atoms with Crippen LogP contribution in [-0.4, -0.2) is 23.0 Å². The molecule has 13 heavy (non-hydrogen) atoms. The SMILES string of the molecule is CN1[C@H]2CC[C@H]1c1sc(N)nc1C2. The van der Waals surface area contributed by atoms with Crippen molar-refractivity contribution >= 4 is 16.5 Å². The first kappa shape index (κ1) is 7.76. The predicted molar refractivity (Wildman–Crippen MR) is 53.8 cm³/mol. The van der Waals surface area contributed by atoms with Crippen LogP contribution in [0, 0.1) is 0 Å². The number of hydrogen-bond acceptors (Lipinski definition) is 4. The van der Waals surface area contributed by atoms with E-state index in [1.807, 2.05) is 0 Å². The van der Waals surface area contributed by atoms with Crippen LogP contribution in [0.3, 0.4) is 0 Å². The number of thiazole rings is 1. The molecule has 70 valence electrons. The van der Waals surface area contributed by atoms with E-state index in [4.69, 9.17) is 5.73 Å². The lowest BCUT2D eigenvalue weighted by molar-refractivity contribution is 0.226. The van der Waals surface area contributed by atoms with Gasteiger partial charge < -0.3 is 5.73 Å². The zero-order valence-corrected chi connectivity index (χ0v) is 8.47. The Balaban J connectivity index is 2.11. The predicted octanol–water partition coefficient (Wildman–Crippen LogP) is 1.42. The van der Waals surface area contributed by atoms with E-state index in [0.29, 0.717) is 6.04 Å². The quantitative estimate of drug-likeness (QED) is 0.680. The fraction of sp³-hybridized carbons (Fsp3) is 0.667. The van der Waals surface area contributed by atoms with Gasteiger partial charge in [0.2, 0.25) is 0 Å². The molecular weight excluding hydrogens is 182 g/mol. The number of aromatic nitrogens is 1. The van der Waals surface area contributed by atoms with E-state index in [1.165, 1.54) is 23.4 Å². The molecule has 2 aliphatic rings. The Bertz CT molecular complexity index is 347. The Labute approximate surface area is 81.6 Å². The van der Waals surface area contributed by atoms with Gasteiger partial charge in [0.25, 0.3) is 0 Å². The summed E-state index contributed by atoms with van der Waals surface area (Å²) in [5.41, 5.74) is 7.00. The van der Waals surface area contributed by atoms with E-state index in [1.54, 1.807) is 11.3 Å². The van der Waals surface area contributed by atoms with Gasteiger partial charge in [-0.15, -0.1) is 11.3 Å². The highest BCUT2D eigenvalue weighted by Gasteiger charge is 2.39. The summed E-state index contributed by atoms with van der Waals surface area (Å²) in [5.74, 6) is 0. The lowest BCUT2D eigenvalue weighted by Crippen LogP contribution is -2.33. The van der Waals surface area contributed by atoms with Crippen LogP contribution in [0.5, 0.6) is 0 Å². The Morgan fingerprint density at radius 3 is 3.23 bits per heavy atom. The maximum atomic E-state index is 5.72. The Morgan fingerprint density at radius 2 is 2.38 bits per heavy atom. The number of rotatable bonds is 0. The maximum absolute atomic E-state index is 5.72. The van der Waals surface area contributed by atoms with Gasteiger partial charge in [0.1, 0.15) is 0 Å². The molecule has 1 saturated heterocycles. The standard InChI is InChI=1S/C9H13N3S/c1-12-5-2-3-7(12)8-6(4-5)11-9(10)13-8/h5,7H,2-4H2,1H3,(H2,10,11)/t5-,7-/m0/s1. The van der Waals surface area contributed by atoms with Crippen LogP contribution in [0.15, 0.2) is 0 Å². The molecule has 0 saturated carbocycles. The maximum Gasteiger partial charge on any atom is 0.180 e. The third-order valence-electron chi connectivity index (χ3n) is 3.32. The summed E-state index contributed by atoms with van der Waals surface area (Å²) in [6, 6.07) is 1.34. The monoisotopic (exact) mass is 195 g/mol. The first-order chi connectivity index (χ1) is 6.25. The van der Waals surface area contributed by atoms with Gasteiger partial charge >= 0.3 is 0 Å². The highest BCUT2D eigenvalue weighted by atomic mass is 32.1. The molecule has 2 aliphatic heterocycles. The number of anilines is 1. The van der Waals surface area contributed by atoms with Crippen molar-refractivity contribution in [1.82, 2.24) is 9.88 Å². The number of hydrogen-bond donors (Lipinski definition) is 1. The number of fused-ring (bicyclic) bond motifs is 4. The summed E-state index contributed by atoms with van der Waals surface area (Å²) < 4.78 is 0. The molecule has 0 amide bonds. The fourth-order valence-corrected chi connectivity index (χ4v) is 3.63. The molecule has 4 heteroatoms. The molecule has 0 radical (unpaired) electrons. The van der Waals surface area contributed by atoms with Crippen molar-refractivity contribution in [2.24, 2.45) is 0 Å².